The van der Waals surface area contributed by atoms with E-state index in [1.807, 2.05) is 53.2 Å². The van der Waals surface area contributed by atoms with Crippen molar-refractivity contribution < 1.29 is 108 Å². The largest absolute Gasteiger partial charge is 0.472 e. The van der Waals surface area contributed by atoms with Gasteiger partial charge in [0.25, 0.3) is 0 Å². The van der Waals surface area contributed by atoms with Crippen LogP contribution in [-0.4, -0.2) is 204 Å². The van der Waals surface area contributed by atoms with E-state index in [1.165, 1.54) is 0 Å². The number of aliphatic hydroxyl groups is 1. The van der Waals surface area contributed by atoms with Gasteiger partial charge in [0.2, 0.25) is 19.4 Å². The second kappa shape index (κ2) is 34.6. The Kier molecular flexibility index (Phi) is 27.9. The van der Waals surface area contributed by atoms with Crippen LogP contribution in [0, 0.1) is 0 Å². The topological polar surface area (TPSA) is 378 Å². The maximum Gasteiger partial charge on any atom is 0.472 e. The number of Topliss-reactive ketones (excluding diaryl/α,β-unsaturated/α-hetero) is 2. The molecule has 90 heavy (non-hydrogen) atoms. The number of carbonyl (C=O) groups excluding carboxylic acids is 4. The lowest BCUT2D eigenvalue weighted by Gasteiger charge is -2.28. The molecule has 4 saturated heterocycles. The number of nitrogens with zero attached hydrogens (tertiary/aromatic N) is 4. The zero-order chi connectivity index (χ0) is 64.5. The second-order valence-corrected chi connectivity index (χ2v) is 30.8. The SMILES string of the molecule is C=P(O)(OC[C@H]1OCC[C@H]1O)O[C@H]1CCO[C@H]1COP(O)(=S)O[C@@H]1CCO[C@@H]1COP(O)(=S)O[C@H]1CCO[C@H]1COP(=O)(O)OCCC(=O)CCOCCC(=O)CCCC(=O)N1Cc2ccccc2-c2c(nnn2CCCC[C@H](NC)C(N)=O)-c2ccccc21. The van der Waals surface area contributed by atoms with Gasteiger partial charge in [-0.2, -0.15) is 0 Å². The molecule has 8 rings (SSSR count). The third-order valence-corrected chi connectivity index (χ3v) is 20.8. The number of nitrogens with one attached hydrogen (secondary N) is 1. The van der Waals surface area contributed by atoms with Crippen molar-refractivity contribution in [2.45, 2.75) is 151 Å². The second-order valence-electron chi connectivity index (χ2n) is 22.0. The lowest BCUT2D eigenvalue weighted by atomic mass is 9.95. The number of anilines is 1. The molecule has 2 amide bonds. The molecule has 8 N–H and O–H groups in total. The number of para-hydroxylation sites is 1. The standard InChI is InChI=1S/C55H82N6O23P4S2/c1-57-42(55(56)66)14-7-8-24-61-54-40-12-4-3-10-37(40)32-60(43-15-6-5-13-41(43)53(54)58-59-61)52(65)16-9-11-38(62)17-25-72-26-18-39(63)19-31-77-86(68,69)79-34-49-46(22-29-74-49)83-88(71,90)81-36-51-47(23-30-76-51)84-87(70,89)80-35-50-45(21-28-75-50)82-85(2,67)78-33-48-44(64)20-27-73-48/h3-6,10,12-13,15,42,44-51,57,64,67H,2,7-9,11,14,16-36H2,1H3,(H2,56,66)(H,68,69)(H,70,89)(H,71,90)/t42-,44+,45-,46-,47+,48+,49-,50-,51+,85?,87?,88?/m0/s1. The van der Waals surface area contributed by atoms with Gasteiger partial charge in [-0.05, 0) is 80.7 Å². The number of primary amides is 1. The van der Waals surface area contributed by atoms with E-state index in [9.17, 15) is 48.4 Å². The summed E-state index contributed by atoms with van der Waals surface area (Å²) in [7, 11) is -6.60. The molecule has 0 aliphatic carbocycles. The van der Waals surface area contributed by atoms with Crippen LogP contribution in [-0.2, 0) is 120 Å². The van der Waals surface area contributed by atoms with E-state index >= 15 is 0 Å². The highest BCUT2D eigenvalue weighted by Crippen LogP contribution is 2.52. The van der Waals surface area contributed by atoms with Crippen molar-refractivity contribution in [2.75, 3.05) is 84.6 Å². The number of fused-ring (bicyclic) bond motifs is 5. The number of rotatable bonds is 39. The Labute approximate surface area is 532 Å². The van der Waals surface area contributed by atoms with Crippen LogP contribution in [0.4, 0.5) is 5.69 Å². The maximum atomic E-state index is 14.0. The molecule has 0 bridgehead atoms. The summed E-state index contributed by atoms with van der Waals surface area (Å²) in [6.07, 6.45) is 0.988. The Bertz CT molecular complexity index is 3100. The zero-order valence-electron chi connectivity index (χ0n) is 50.0. The third kappa shape index (κ3) is 22.0. The van der Waals surface area contributed by atoms with Crippen molar-refractivity contribution in [2.24, 2.45) is 5.73 Å². The minimum Gasteiger partial charge on any atom is -0.390 e. The predicted octanol–water partition coefficient (Wildman–Crippen LogP) is 4.67. The number of phosphoric ester groups is 1. The Morgan fingerprint density at radius 1 is 0.689 bits per heavy atom. The highest BCUT2D eigenvalue weighted by atomic mass is 32.5. The quantitative estimate of drug-likeness (QED) is 0.0301. The van der Waals surface area contributed by atoms with Gasteiger partial charge in [-0.1, -0.05) is 47.7 Å². The Balaban J connectivity index is 0.679. The van der Waals surface area contributed by atoms with Gasteiger partial charge in [0.15, 0.2) is 0 Å². The van der Waals surface area contributed by atoms with Gasteiger partial charge in [0.05, 0.1) is 94.6 Å². The molecule has 4 fully saturated rings. The van der Waals surface area contributed by atoms with Crippen LogP contribution in [0.1, 0.15) is 89.0 Å². The van der Waals surface area contributed by atoms with Crippen LogP contribution in [0.15, 0.2) is 48.5 Å². The minimum atomic E-state index is -4.70. The van der Waals surface area contributed by atoms with Crippen LogP contribution in [0.2, 0.25) is 0 Å². The predicted molar refractivity (Wildman–Crippen MR) is 333 cm³/mol. The molecule has 5 aliphatic heterocycles. The normalized spacial score (nSPS) is 25.4. The van der Waals surface area contributed by atoms with E-state index in [4.69, 9.17) is 89.2 Å². The van der Waals surface area contributed by atoms with Crippen molar-refractivity contribution in [3.63, 3.8) is 0 Å². The number of aromatic nitrogens is 3. The van der Waals surface area contributed by atoms with Gasteiger partial charge >= 0.3 is 21.3 Å². The number of hydrogen-bond donors (Lipinski definition) is 7. The number of nitrogens with two attached hydrogens (primary N) is 1. The number of phosphoric acid groups is 1. The molecule has 1 aromatic heterocycles. The summed E-state index contributed by atoms with van der Waals surface area (Å²) in [5, 5.41) is 22.1. The molecule has 2 aromatic carbocycles. The first-order chi connectivity index (χ1) is 43.0. The van der Waals surface area contributed by atoms with E-state index in [0.29, 0.717) is 50.2 Å². The van der Waals surface area contributed by atoms with Crippen molar-refractivity contribution >= 4 is 87.8 Å². The van der Waals surface area contributed by atoms with Gasteiger partial charge in [0, 0.05) is 95.5 Å². The maximum absolute atomic E-state index is 14.0. The summed E-state index contributed by atoms with van der Waals surface area (Å²) in [5.74, 6) is -0.992. The first-order valence-electron chi connectivity index (χ1n) is 29.9. The van der Waals surface area contributed by atoms with Gasteiger partial charge in [-0.15, -0.1) is 5.10 Å². The molecule has 0 saturated carbocycles. The molecule has 5 aliphatic rings. The summed E-state index contributed by atoms with van der Waals surface area (Å²) >= 11 is 10.5. The van der Waals surface area contributed by atoms with Crippen molar-refractivity contribution in [3.8, 4) is 22.5 Å². The molecule has 3 aromatic rings. The Hall–Kier alpha value is -3.07. The van der Waals surface area contributed by atoms with Gasteiger partial charge in [-0.3, -0.25) is 28.2 Å². The van der Waals surface area contributed by atoms with Crippen molar-refractivity contribution in [1.29, 1.82) is 0 Å². The molecule has 502 valence electrons. The van der Waals surface area contributed by atoms with Gasteiger partial charge < -0.3 is 91.5 Å². The fourth-order valence-corrected chi connectivity index (χ4v) is 15.5. The van der Waals surface area contributed by atoms with E-state index in [2.05, 4.69) is 21.9 Å². The Morgan fingerprint density at radius 2 is 1.23 bits per heavy atom. The van der Waals surface area contributed by atoms with E-state index in [0.717, 1.165) is 35.2 Å². The first kappa shape index (κ1) is 72.8. The number of aryl methyl sites for hydroxylation is 1. The van der Waals surface area contributed by atoms with Crippen LogP contribution in [0.3, 0.4) is 0 Å². The highest BCUT2D eigenvalue weighted by Gasteiger charge is 2.41. The number of unbranched alkanes of at least 4 members (excludes halogenated alkanes) is 1. The van der Waals surface area contributed by atoms with E-state index < -0.39 is 103 Å². The molecule has 13 atom stereocenters. The Morgan fingerprint density at radius 3 is 1.84 bits per heavy atom. The van der Waals surface area contributed by atoms with E-state index in [1.54, 1.807) is 11.9 Å². The fourth-order valence-electron chi connectivity index (χ4n) is 10.7. The number of ketones is 2. The molecule has 4 unspecified atom stereocenters. The number of hydrogen-bond acceptors (Lipinski definition) is 25. The summed E-state index contributed by atoms with van der Waals surface area (Å²) in [4.78, 5) is 96.1. The van der Waals surface area contributed by atoms with Crippen LogP contribution < -0.4 is 16.0 Å². The number of amides is 2. The number of aliphatic hydroxyl groups excluding tert-OH is 1. The number of carbonyl (C=O) groups is 4. The lowest BCUT2D eigenvalue weighted by Crippen LogP contribution is -2.38. The molecule has 0 spiro atoms. The monoisotopic (exact) mass is 1380 g/mol. The van der Waals surface area contributed by atoms with Crippen LogP contribution >= 0.6 is 28.8 Å². The molecular formula is C55H82N6O23P4S2. The third-order valence-electron chi connectivity index (χ3n) is 15.5. The minimum absolute atomic E-state index is 0.00110. The number of likely N-dealkylation sites (N-methyl/N-ethyl adjacent to an activating group) is 1. The van der Waals surface area contributed by atoms with Crippen molar-refractivity contribution in [3.05, 3.63) is 54.1 Å². The molecule has 29 nitrogen and oxygen atoms in total. The average Bonchev–Trinajstić information content (AvgIpc) is 1.49. The summed E-state index contributed by atoms with van der Waals surface area (Å²) in [5.41, 5.74) is 10.2. The van der Waals surface area contributed by atoms with Gasteiger partial charge in [-0.25, -0.2) is 9.25 Å². The smallest absolute Gasteiger partial charge is 0.390 e. The van der Waals surface area contributed by atoms with Crippen molar-refractivity contribution in [1.82, 2.24) is 20.3 Å². The summed E-state index contributed by atoms with van der Waals surface area (Å²) in [6.45, 7) is -7.77. The molecule has 35 heteroatoms. The first-order valence-corrected chi connectivity index (χ1v) is 38.3. The lowest BCUT2D eigenvalue weighted by molar-refractivity contribution is -0.122. The zero-order valence-corrected chi connectivity index (χ0v) is 55.2. The van der Waals surface area contributed by atoms with Crippen LogP contribution in [0.5, 0.6) is 0 Å². The molecular weight excluding hydrogens is 1300 g/mol. The highest BCUT2D eigenvalue weighted by molar-refractivity contribution is 8.07. The van der Waals surface area contributed by atoms with Crippen LogP contribution in [0.25, 0.3) is 22.5 Å². The summed E-state index contributed by atoms with van der Waals surface area (Å²) < 4.78 is 86.7. The molecule has 6 heterocycles. The number of benzene rings is 2. The summed E-state index contributed by atoms with van der Waals surface area (Å²) in [6, 6.07) is 15.0. The molecule has 0 radical (unpaired) electrons. The average molecular weight is 1380 g/mol. The fraction of sp³-hybridized carbons (Fsp3) is 0.655. The van der Waals surface area contributed by atoms with Gasteiger partial charge in [0.1, 0.15) is 41.7 Å². The number of ether oxygens (including phenoxy) is 5. The van der Waals surface area contributed by atoms with E-state index in [-0.39, 0.29) is 122 Å².